The molecule has 1 aromatic rings. The van der Waals surface area contributed by atoms with Gasteiger partial charge in [0.25, 0.3) is 5.91 Å². The van der Waals surface area contributed by atoms with E-state index in [2.05, 4.69) is 15.9 Å². The second kappa shape index (κ2) is 6.70. The minimum atomic E-state index is -1.04. The van der Waals surface area contributed by atoms with Gasteiger partial charge in [-0.3, -0.25) is 4.79 Å². The summed E-state index contributed by atoms with van der Waals surface area (Å²) in [6.45, 7) is 7.26. The lowest BCUT2D eigenvalue weighted by molar-refractivity contribution is 0.0697. The lowest BCUT2D eigenvalue weighted by Crippen LogP contribution is -2.34. The van der Waals surface area contributed by atoms with E-state index in [9.17, 15) is 9.59 Å². The molecule has 0 unspecified atom stereocenters. The summed E-state index contributed by atoms with van der Waals surface area (Å²) >= 11 is 3.24. The number of carboxylic acids is 1. The molecular weight excluding hydrogens is 310 g/mol. The number of hydrogen-bond donors (Lipinski definition) is 1. The molecule has 0 fully saturated rings. The Hall–Kier alpha value is -1.36. The van der Waals surface area contributed by atoms with Crippen molar-refractivity contribution in [1.29, 1.82) is 0 Å². The van der Waals surface area contributed by atoms with E-state index in [1.165, 1.54) is 12.1 Å². The molecule has 0 bridgehead atoms. The summed E-state index contributed by atoms with van der Waals surface area (Å²) in [6, 6.07) is 4.55. The van der Waals surface area contributed by atoms with Gasteiger partial charge in [-0.1, -0.05) is 29.8 Å². The van der Waals surface area contributed by atoms with Gasteiger partial charge >= 0.3 is 5.97 Å². The zero-order valence-electron chi connectivity index (χ0n) is 11.3. The Bertz CT molecular complexity index is 486. The molecule has 0 aromatic heterocycles. The maximum absolute atomic E-state index is 12.4. The lowest BCUT2D eigenvalue weighted by atomic mass is 10.1. The standard InChI is InChI=1S/C14H18BrNO3/c1-4-16(8-9(2)3)13(17)10-5-11(14(18)19)7-12(15)6-10/h5-7,9H,4,8H2,1-3H3,(H,18,19). The van der Waals surface area contributed by atoms with Crippen LogP contribution in [0.2, 0.25) is 0 Å². The summed E-state index contributed by atoms with van der Waals surface area (Å²) in [5, 5.41) is 9.01. The average molecular weight is 328 g/mol. The zero-order chi connectivity index (χ0) is 14.6. The molecule has 0 heterocycles. The molecule has 1 N–H and O–H groups in total. The highest BCUT2D eigenvalue weighted by molar-refractivity contribution is 9.10. The highest BCUT2D eigenvalue weighted by Crippen LogP contribution is 2.18. The Morgan fingerprint density at radius 1 is 1.26 bits per heavy atom. The molecule has 0 radical (unpaired) electrons. The number of benzene rings is 1. The highest BCUT2D eigenvalue weighted by atomic mass is 79.9. The first kappa shape index (κ1) is 15.7. The number of aromatic carboxylic acids is 1. The summed E-state index contributed by atoms with van der Waals surface area (Å²) in [5.74, 6) is -0.808. The van der Waals surface area contributed by atoms with Crippen molar-refractivity contribution >= 4 is 27.8 Å². The van der Waals surface area contributed by atoms with E-state index < -0.39 is 5.97 Å². The molecule has 0 saturated heterocycles. The Labute approximate surface area is 121 Å². The predicted molar refractivity (Wildman–Crippen MR) is 77.5 cm³/mol. The second-order valence-electron chi connectivity index (χ2n) is 4.77. The third-order valence-corrected chi connectivity index (χ3v) is 3.10. The van der Waals surface area contributed by atoms with Gasteiger partial charge in [-0.2, -0.15) is 0 Å². The summed E-state index contributed by atoms with van der Waals surface area (Å²) in [7, 11) is 0. The number of hydrogen-bond acceptors (Lipinski definition) is 2. The van der Waals surface area contributed by atoms with Crippen molar-refractivity contribution in [1.82, 2.24) is 4.90 Å². The molecule has 0 saturated carbocycles. The summed E-state index contributed by atoms with van der Waals surface area (Å²) in [5.41, 5.74) is 0.507. The molecule has 1 rings (SSSR count). The molecule has 5 heteroatoms. The van der Waals surface area contributed by atoms with Crippen LogP contribution in [0, 0.1) is 5.92 Å². The lowest BCUT2D eigenvalue weighted by Gasteiger charge is -2.23. The van der Waals surface area contributed by atoms with E-state index in [1.54, 1.807) is 11.0 Å². The third-order valence-electron chi connectivity index (χ3n) is 2.65. The molecule has 104 valence electrons. The van der Waals surface area contributed by atoms with Crippen LogP contribution in [-0.4, -0.2) is 35.0 Å². The van der Waals surface area contributed by atoms with E-state index >= 15 is 0 Å². The van der Waals surface area contributed by atoms with Gasteiger partial charge in [0.1, 0.15) is 0 Å². The Balaban J connectivity index is 3.07. The minimum absolute atomic E-state index is 0.110. The number of carboxylic acid groups (broad SMARTS) is 1. The van der Waals surface area contributed by atoms with Crippen LogP contribution < -0.4 is 0 Å². The number of carbonyl (C=O) groups excluding carboxylic acids is 1. The zero-order valence-corrected chi connectivity index (χ0v) is 12.9. The Morgan fingerprint density at radius 2 is 1.84 bits per heavy atom. The summed E-state index contributed by atoms with van der Waals surface area (Å²) < 4.78 is 0.594. The molecule has 4 nitrogen and oxygen atoms in total. The first-order valence-electron chi connectivity index (χ1n) is 6.18. The normalized spacial score (nSPS) is 10.6. The fourth-order valence-corrected chi connectivity index (χ4v) is 2.31. The average Bonchev–Trinajstić information content (AvgIpc) is 2.34. The predicted octanol–water partition coefficient (Wildman–Crippen LogP) is 3.27. The number of rotatable bonds is 5. The van der Waals surface area contributed by atoms with Crippen molar-refractivity contribution in [3.63, 3.8) is 0 Å². The molecule has 0 aliphatic heterocycles. The molecule has 0 aliphatic carbocycles. The second-order valence-corrected chi connectivity index (χ2v) is 5.69. The Morgan fingerprint density at radius 3 is 2.32 bits per heavy atom. The fourth-order valence-electron chi connectivity index (χ4n) is 1.82. The summed E-state index contributed by atoms with van der Waals surface area (Å²) in [4.78, 5) is 25.1. The molecule has 1 amide bonds. The van der Waals surface area contributed by atoms with Crippen molar-refractivity contribution in [2.24, 2.45) is 5.92 Å². The number of carbonyl (C=O) groups is 2. The molecular formula is C14H18BrNO3. The maximum atomic E-state index is 12.4. The minimum Gasteiger partial charge on any atom is -0.478 e. The van der Waals surface area contributed by atoms with Gasteiger partial charge in [-0.25, -0.2) is 4.79 Å². The highest BCUT2D eigenvalue weighted by Gasteiger charge is 2.17. The SMILES string of the molecule is CCN(CC(C)C)C(=O)c1cc(Br)cc(C(=O)O)c1. The van der Waals surface area contributed by atoms with Gasteiger partial charge in [-0.15, -0.1) is 0 Å². The van der Waals surface area contributed by atoms with E-state index in [0.29, 0.717) is 29.0 Å². The van der Waals surface area contributed by atoms with Gasteiger partial charge in [0.15, 0.2) is 0 Å². The van der Waals surface area contributed by atoms with Crippen LogP contribution in [0.15, 0.2) is 22.7 Å². The van der Waals surface area contributed by atoms with Crippen LogP contribution in [0.5, 0.6) is 0 Å². The van der Waals surface area contributed by atoms with Crippen molar-refractivity contribution in [2.45, 2.75) is 20.8 Å². The van der Waals surface area contributed by atoms with Gasteiger partial charge in [0, 0.05) is 23.1 Å². The quantitative estimate of drug-likeness (QED) is 0.902. The van der Waals surface area contributed by atoms with Crippen molar-refractivity contribution in [2.75, 3.05) is 13.1 Å². The van der Waals surface area contributed by atoms with E-state index in [0.717, 1.165) is 0 Å². The van der Waals surface area contributed by atoms with Crippen LogP contribution in [-0.2, 0) is 0 Å². The van der Waals surface area contributed by atoms with Crippen LogP contribution in [0.3, 0.4) is 0 Å². The van der Waals surface area contributed by atoms with Gasteiger partial charge in [0.2, 0.25) is 0 Å². The van der Waals surface area contributed by atoms with E-state index in [-0.39, 0.29) is 11.5 Å². The molecule has 0 spiro atoms. The third kappa shape index (κ3) is 4.35. The monoisotopic (exact) mass is 327 g/mol. The van der Waals surface area contributed by atoms with Crippen molar-refractivity contribution < 1.29 is 14.7 Å². The van der Waals surface area contributed by atoms with Crippen molar-refractivity contribution in [3.8, 4) is 0 Å². The van der Waals surface area contributed by atoms with E-state index in [1.807, 2.05) is 20.8 Å². The first-order valence-corrected chi connectivity index (χ1v) is 6.97. The Kier molecular flexibility index (Phi) is 5.54. The number of amides is 1. The first-order chi connectivity index (χ1) is 8.85. The van der Waals surface area contributed by atoms with Crippen LogP contribution in [0.1, 0.15) is 41.5 Å². The topological polar surface area (TPSA) is 57.6 Å². The molecule has 19 heavy (non-hydrogen) atoms. The van der Waals surface area contributed by atoms with Crippen molar-refractivity contribution in [3.05, 3.63) is 33.8 Å². The number of halogens is 1. The fraction of sp³-hybridized carbons (Fsp3) is 0.429. The van der Waals surface area contributed by atoms with Crippen LogP contribution >= 0.6 is 15.9 Å². The van der Waals surface area contributed by atoms with E-state index in [4.69, 9.17) is 5.11 Å². The van der Waals surface area contributed by atoms with Crippen LogP contribution in [0.25, 0.3) is 0 Å². The van der Waals surface area contributed by atoms with Gasteiger partial charge in [-0.05, 0) is 31.0 Å². The molecule has 0 aliphatic rings. The van der Waals surface area contributed by atoms with Gasteiger partial charge < -0.3 is 10.0 Å². The van der Waals surface area contributed by atoms with Crippen LogP contribution in [0.4, 0.5) is 0 Å². The largest absolute Gasteiger partial charge is 0.478 e. The number of nitrogens with zero attached hydrogens (tertiary/aromatic N) is 1. The smallest absolute Gasteiger partial charge is 0.335 e. The molecule has 1 aromatic carbocycles. The summed E-state index contributed by atoms with van der Waals surface area (Å²) in [6.07, 6.45) is 0. The maximum Gasteiger partial charge on any atom is 0.335 e. The molecule has 0 atom stereocenters. The van der Waals surface area contributed by atoms with Gasteiger partial charge in [0.05, 0.1) is 5.56 Å².